The van der Waals surface area contributed by atoms with E-state index in [-0.39, 0.29) is 18.6 Å². The molecule has 74 valence electrons. The van der Waals surface area contributed by atoms with E-state index in [1.54, 1.807) is 4.90 Å². The highest BCUT2D eigenvalue weighted by atomic mass is 16.5. The number of carbonyl (C=O) groups excluding carboxylic acids is 2. The topological polar surface area (TPSA) is 46.6 Å². The lowest BCUT2D eigenvalue weighted by atomic mass is 10.2. The van der Waals surface area contributed by atoms with Crippen LogP contribution in [0.15, 0.2) is 0 Å². The summed E-state index contributed by atoms with van der Waals surface area (Å²) in [5.41, 5.74) is 0. The van der Waals surface area contributed by atoms with E-state index in [4.69, 9.17) is 0 Å². The second kappa shape index (κ2) is 4.84. The molecule has 0 N–H and O–H groups in total. The van der Waals surface area contributed by atoms with Gasteiger partial charge in [-0.3, -0.25) is 9.59 Å². The zero-order valence-corrected chi connectivity index (χ0v) is 7.86. The first-order chi connectivity index (χ1) is 6.27. The Kier molecular flexibility index (Phi) is 3.73. The van der Waals surface area contributed by atoms with Gasteiger partial charge in [0.05, 0.1) is 7.11 Å². The fourth-order valence-corrected chi connectivity index (χ4v) is 1.70. The number of esters is 1. The third-order valence-electron chi connectivity index (χ3n) is 2.47. The third kappa shape index (κ3) is 2.72. The van der Waals surface area contributed by atoms with Gasteiger partial charge in [0.2, 0.25) is 6.41 Å². The lowest BCUT2D eigenvalue weighted by molar-refractivity contribution is -0.145. The molecule has 0 atom stereocenters. The van der Waals surface area contributed by atoms with Gasteiger partial charge in [-0.2, -0.15) is 0 Å². The van der Waals surface area contributed by atoms with Crippen LogP contribution < -0.4 is 0 Å². The quantitative estimate of drug-likeness (QED) is 0.475. The summed E-state index contributed by atoms with van der Waals surface area (Å²) < 4.78 is 4.50. The summed E-state index contributed by atoms with van der Waals surface area (Å²) in [4.78, 5) is 23.1. The van der Waals surface area contributed by atoms with Gasteiger partial charge in [-0.15, -0.1) is 0 Å². The van der Waals surface area contributed by atoms with Gasteiger partial charge in [-0.1, -0.05) is 12.8 Å². The summed E-state index contributed by atoms with van der Waals surface area (Å²) in [5.74, 6) is -0.348. The number of rotatable bonds is 4. The van der Waals surface area contributed by atoms with Crippen LogP contribution in [0.3, 0.4) is 0 Å². The molecule has 1 aliphatic carbocycles. The van der Waals surface area contributed by atoms with Crippen LogP contribution in [-0.4, -0.2) is 37.0 Å². The average molecular weight is 185 g/mol. The molecule has 4 heteroatoms. The first-order valence-corrected chi connectivity index (χ1v) is 4.55. The van der Waals surface area contributed by atoms with Crippen LogP contribution in [0.5, 0.6) is 0 Å². The highest BCUT2D eigenvalue weighted by Crippen LogP contribution is 2.22. The number of carbonyl (C=O) groups is 2. The Morgan fingerprint density at radius 1 is 1.54 bits per heavy atom. The van der Waals surface area contributed by atoms with E-state index in [0.717, 1.165) is 32.1 Å². The fourth-order valence-electron chi connectivity index (χ4n) is 1.70. The molecule has 0 saturated heterocycles. The van der Waals surface area contributed by atoms with Crippen molar-refractivity contribution < 1.29 is 14.3 Å². The molecule has 1 saturated carbocycles. The van der Waals surface area contributed by atoms with Crippen molar-refractivity contribution in [3.05, 3.63) is 0 Å². The molecule has 0 radical (unpaired) electrons. The highest BCUT2D eigenvalue weighted by molar-refractivity contribution is 5.74. The second-order valence-corrected chi connectivity index (χ2v) is 3.29. The van der Waals surface area contributed by atoms with Crippen LogP contribution in [0.25, 0.3) is 0 Å². The van der Waals surface area contributed by atoms with E-state index in [2.05, 4.69) is 4.74 Å². The van der Waals surface area contributed by atoms with Crippen LogP contribution in [-0.2, 0) is 14.3 Å². The van der Waals surface area contributed by atoms with Crippen molar-refractivity contribution in [2.75, 3.05) is 13.7 Å². The van der Waals surface area contributed by atoms with Crippen LogP contribution >= 0.6 is 0 Å². The van der Waals surface area contributed by atoms with Gasteiger partial charge in [0, 0.05) is 6.04 Å². The number of nitrogens with zero attached hydrogens (tertiary/aromatic N) is 1. The Morgan fingerprint density at radius 2 is 2.15 bits per heavy atom. The van der Waals surface area contributed by atoms with Crippen LogP contribution in [0.1, 0.15) is 25.7 Å². The second-order valence-electron chi connectivity index (χ2n) is 3.29. The summed E-state index contributed by atoms with van der Waals surface area (Å²) in [7, 11) is 1.33. The largest absolute Gasteiger partial charge is 0.468 e. The maximum absolute atomic E-state index is 10.9. The smallest absolute Gasteiger partial charge is 0.325 e. The van der Waals surface area contributed by atoms with Crippen molar-refractivity contribution in [2.45, 2.75) is 31.7 Å². The number of ether oxygens (including phenoxy) is 1. The van der Waals surface area contributed by atoms with Gasteiger partial charge in [0.1, 0.15) is 6.54 Å². The average Bonchev–Trinajstić information content (AvgIpc) is 2.66. The summed E-state index contributed by atoms with van der Waals surface area (Å²) in [6.45, 7) is 0.0880. The summed E-state index contributed by atoms with van der Waals surface area (Å²) in [6.07, 6.45) is 5.06. The van der Waals surface area contributed by atoms with Crippen molar-refractivity contribution in [1.82, 2.24) is 4.90 Å². The third-order valence-corrected chi connectivity index (χ3v) is 2.47. The monoisotopic (exact) mass is 185 g/mol. The van der Waals surface area contributed by atoms with Crippen molar-refractivity contribution in [3.63, 3.8) is 0 Å². The SMILES string of the molecule is COC(=O)CN(C=O)C1CCCC1. The zero-order chi connectivity index (χ0) is 9.68. The van der Waals surface area contributed by atoms with E-state index < -0.39 is 0 Å². The number of hydrogen-bond donors (Lipinski definition) is 0. The maximum atomic E-state index is 10.9. The fraction of sp³-hybridized carbons (Fsp3) is 0.778. The van der Waals surface area contributed by atoms with Crippen LogP contribution in [0.4, 0.5) is 0 Å². The van der Waals surface area contributed by atoms with Crippen molar-refractivity contribution >= 4 is 12.4 Å². The van der Waals surface area contributed by atoms with Gasteiger partial charge in [0.25, 0.3) is 0 Å². The number of hydrogen-bond acceptors (Lipinski definition) is 3. The Labute approximate surface area is 77.8 Å². The maximum Gasteiger partial charge on any atom is 0.325 e. The summed E-state index contributed by atoms with van der Waals surface area (Å²) >= 11 is 0. The molecule has 0 aromatic heterocycles. The molecule has 0 heterocycles. The summed E-state index contributed by atoms with van der Waals surface area (Å²) in [5, 5.41) is 0. The molecule has 0 aromatic carbocycles. The molecular formula is C9H15NO3. The zero-order valence-electron chi connectivity index (χ0n) is 7.86. The molecule has 0 unspecified atom stereocenters. The van der Waals surface area contributed by atoms with Gasteiger partial charge in [-0.25, -0.2) is 0 Å². The van der Waals surface area contributed by atoms with Crippen molar-refractivity contribution in [2.24, 2.45) is 0 Å². The van der Waals surface area contributed by atoms with Gasteiger partial charge >= 0.3 is 5.97 Å². The van der Waals surface area contributed by atoms with Crippen molar-refractivity contribution in [3.8, 4) is 0 Å². The molecular weight excluding hydrogens is 170 g/mol. The van der Waals surface area contributed by atoms with E-state index in [0.29, 0.717) is 0 Å². The minimum atomic E-state index is -0.348. The number of amides is 1. The minimum Gasteiger partial charge on any atom is -0.468 e. The Morgan fingerprint density at radius 3 is 2.62 bits per heavy atom. The summed E-state index contributed by atoms with van der Waals surface area (Å²) in [6, 6.07) is 0.247. The molecule has 13 heavy (non-hydrogen) atoms. The molecule has 1 rings (SSSR count). The van der Waals surface area contributed by atoms with E-state index in [9.17, 15) is 9.59 Å². The van der Waals surface area contributed by atoms with Gasteiger partial charge in [-0.05, 0) is 12.8 Å². The lowest BCUT2D eigenvalue weighted by Gasteiger charge is -2.22. The molecule has 0 aliphatic heterocycles. The highest BCUT2D eigenvalue weighted by Gasteiger charge is 2.22. The van der Waals surface area contributed by atoms with E-state index >= 15 is 0 Å². The molecule has 1 fully saturated rings. The normalized spacial score (nSPS) is 17.0. The Balaban J connectivity index is 2.41. The van der Waals surface area contributed by atoms with E-state index in [1.165, 1.54) is 7.11 Å². The Hall–Kier alpha value is -1.06. The van der Waals surface area contributed by atoms with E-state index in [1.807, 2.05) is 0 Å². The van der Waals surface area contributed by atoms with Crippen LogP contribution in [0.2, 0.25) is 0 Å². The van der Waals surface area contributed by atoms with Crippen LogP contribution in [0, 0.1) is 0 Å². The van der Waals surface area contributed by atoms with Gasteiger partial charge in [0.15, 0.2) is 0 Å². The minimum absolute atomic E-state index is 0.0880. The first-order valence-electron chi connectivity index (χ1n) is 4.55. The molecule has 4 nitrogen and oxygen atoms in total. The predicted molar refractivity (Wildman–Crippen MR) is 47.0 cm³/mol. The van der Waals surface area contributed by atoms with Gasteiger partial charge < -0.3 is 9.64 Å². The van der Waals surface area contributed by atoms with Crippen molar-refractivity contribution in [1.29, 1.82) is 0 Å². The number of methoxy groups -OCH3 is 1. The lowest BCUT2D eigenvalue weighted by Crippen LogP contribution is -2.36. The molecule has 0 bridgehead atoms. The predicted octanol–water partition coefficient (Wildman–Crippen LogP) is 0.560. The molecule has 1 aliphatic rings. The molecule has 0 spiro atoms. The standard InChI is InChI=1S/C9H15NO3/c1-13-9(12)6-10(7-11)8-4-2-3-5-8/h7-8H,2-6H2,1H3. The molecule has 1 amide bonds. The first kappa shape index (κ1) is 10.0. The Bertz CT molecular complexity index is 187. The molecule has 0 aromatic rings.